The number of nitrogen functional groups attached to an aromatic ring is 1. The van der Waals surface area contributed by atoms with Gasteiger partial charge in [-0.1, -0.05) is 86.3 Å². The molecule has 5 rings (SSSR count). The van der Waals surface area contributed by atoms with E-state index in [0.717, 1.165) is 34.5 Å². The summed E-state index contributed by atoms with van der Waals surface area (Å²) in [6, 6.07) is 17.4. The van der Waals surface area contributed by atoms with Crippen LogP contribution in [0.25, 0.3) is 11.2 Å². The van der Waals surface area contributed by atoms with Gasteiger partial charge in [0.15, 0.2) is 22.8 Å². The second-order valence-corrected chi connectivity index (χ2v) is 21.8. The Hall–Kier alpha value is -4.61. The number of phosphoric ester groups is 3. The van der Waals surface area contributed by atoms with Crippen molar-refractivity contribution in [1.29, 1.82) is 0 Å². The first kappa shape index (κ1) is 59.0. The fourth-order valence-corrected chi connectivity index (χ4v) is 9.82. The first-order valence-electron chi connectivity index (χ1n) is 21.0. The zero-order valence-electron chi connectivity index (χ0n) is 38.1. The Bertz CT molecular complexity index is 2600. The molecule has 3 heterocycles. The van der Waals surface area contributed by atoms with E-state index >= 15 is 0 Å². The zero-order valence-corrected chi connectivity index (χ0v) is 41.6. The number of ether oxygens (including phenoxy) is 1. The highest BCUT2D eigenvalue weighted by molar-refractivity contribution is 8.13. The smallest absolute Gasteiger partial charge is 0.480 e. The van der Waals surface area contributed by atoms with Crippen LogP contribution in [-0.4, -0.2) is 134 Å². The predicted octanol–water partition coefficient (Wildman–Crippen LogP) is 0.700. The van der Waals surface area contributed by atoms with Crippen molar-refractivity contribution in [2.24, 2.45) is 16.9 Å². The number of phosphoric acid groups is 3. The molecular formula is C39H56N9O19P3S. The Morgan fingerprint density at radius 1 is 0.915 bits per heavy atom. The van der Waals surface area contributed by atoms with Gasteiger partial charge in [-0.05, 0) is 18.1 Å². The number of hydrogen-bond acceptors (Lipinski definition) is 21. The molecule has 15 N–H and O–H groups in total. The van der Waals surface area contributed by atoms with Crippen molar-refractivity contribution in [1.82, 2.24) is 30.2 Å². The van der Waals surface area contributed by atoms with Gasteiger partial charge in [0.1, 0.15) is 41.8 Å². The molecule has 0 bridgehead atoms. The number of imidazole rings is 1. The van der Waals surface area contributed by atoms with Crippen LogP contribution < -0.4 is 27.8 Å². The molecule has 2 aromatic carbocycles. The number of nitrogens with two attached hydrogens (primary N) is 3. The number of anilines is 1. The number of aliphatic hydroxyl groups excluding tert-OH is 2. The van der Waals surface area contributed by atoms with Gasteiger partial charge in [-0.15, -0.1) is 0 Å². The minimum absolute atomic E-state index is 0.0271. The summed E-state index contributed by atoms with van der Waals surface area (Å²) in [5.74, 6) is -2.23. The second kappa shape index (κ2) is 25.4. The number of benzene rings is 2. The highest BCUT2D eigenvalue weighted by Gasteiger charge is 2.50. The third kappa shape index (κ3) is 17.8. The second-order valence-electron chi connectivity index (χ2n) is 16.4. The normalized spacial score (nSPS) is 20.5. The Kier molecular flexibility index (Phi) is 21.1. The number of nitrogens with one attached hydrogen (secondary N) is 2. The molecule has 32 heteroatoms. The lowest BCUT2D eigenvalue weighted by Gasteiger charge is -2.30. The van der Waals surface area contributed by atoms with E-state index in [9.17, 15) is 62.7 Å². The van der Waals surface area contributed by atoms with Gasteiger partial charge in [0.2, 0.25) is 11.8 Å². The lowest BCUT2D eigenvalue weighted by Crippen LogP contribution is -2.46. The summed E-state index contributed by atoms with van der Waals surface area (Å²) >= 11 is 1.01. The molecule has 1 aliphatic rings. The lowest BCUT2D eigenvalue weighted by atomic mass is 9.87. The number of thioether (sulfide) groups is 1. The SMILES string of the molecule is CC(C)(COP(=O)(O)OP(=O)(O)OC[C@H]1O[C@@H](n2cnc3c(N)ncnc32)[C@H](O)[C@@H]1OP(=O)(O)O)[C@@H](O)C(=O)NCCC(=O)NCCSC(=O)CC(N)c1ccccc1.CC(N)(C(=O)O)c1ccccc1. The number of rotatable bonds is 24. The fraction of sp³-hybridized carbons (Fsp3) is 0.462. The van der Waals surface area contributed by atoms with Gasteiger partial charge in [-0.2, -0.15) is 4.31 Å². The molecule has 1 aliphatic heterocycles. The molecule has 2 aromatic heterocycles. The van der Waals surface area contributed by atoms with Crippen molar-refractivity contribution in [2.45, 2.75) is 75.8 Å². The van der Waals surface area contributed by atoms with Crippen LogP contribution in [0.2, 0.25) is 0 Å². The monoisotopic (exact) mass is 1080 g/mol. The summed E-state index contributed by atoms with van der Waals surface area (Å²) in [5.41, 5.74) is 16.0. The first-order chi connectivity index (χ1) is 33.0. The summed E-state index contributed by atoms with van der Waals surface area (Å²) < 4.78 is 62.2. The van der Waals surface area contributed by atoms with Gasteiger partial charge in [-0.3, -0.25) is 32.5 Å². The van der Waals surface area contributed by atoms with E-state index < -0.39 is 102 Å². The molecular weight excluding hydrogens is 1020 g/mol. The molecule has 0 radical (unpaired) electrons. The summed E-state index contributed by atoms with van der Waals surface area (Å²) in [5, 5.41) is 35.0. The van der Waals surface area contributed by atoms with E-state index in [1.165, 1.54) is 20.8 Å². The van der Waals surface area contributed by atoms with E-state index in [-0.39, 0.29) is 53.8 Å². The van der Waals surface area contributed by atoms with Crippen LogP contribution in [0.5, 0.6) is 0 Å². The van der Waals surface area contributed by atoms with Crippen LogP contribution in [0.4, 0.5) is 5.82 Å². The van der Waals surface area contributed by atoms with Crippen LogP contribution >= 0.6 is 35.2 Å². The molecule has 28 nitrogen and oxygen atoms in total. The van der Waals surface area contributed by atoms with Gasteiger partial charge < -0.3 is 67.5 Å². The largest absolute Gasteiger partial charge is 0.481 e. The molecule has 9 atom stereocenters. The highest BCUT2D eigenvalue weighted by Crippen LogP contribution is 2.61. The van der Waals surface area contributed by atoms with Gasteiger partial charge >= 0.3 is 29.4 Å². The van der Waals surface area contributed by atoms with Gasteiger partial charge in [0.05, 0.1) is 19.5 Å². The van der Waals surface area contributed by atoms with E-state index in [1.807, 2.05) is 36.4 Å². The molecule has 4 aromatic rings. The molecule has 0 spiro atoms. The molecule has 0 saturated carbocycles. The minimum atomic E-state index is -5.58. The third-order valence-corrected chi connectivity index (χ3v) is 14.2. The molecule has 1 saturated heterocycles. The van der Waals surface area contributed by atoms with Crippen LogP contribution in [0, 0.1) is 5.41 Å². The third-order valence-electron chi connectivity index (χ3n) is 10.2. The van der Waals surface area contributed by atoms with Crippen molar-refractivity contribution in [3.63, 3.8) is 0 Å². The number of nitrogens with zero attached hydrogens (tertiary/aromatic N) is 4. The number of carboxylic acids is 1. The Labute approximate surface area is 409 Å². The maximum absolute atomic E-state index is 12.7. The number of hydrogen-bond donors (Lipinski definition) is 12. The van der Waals surface area contributed by atoms with E-state index in [1.54, 1.807) is 24.3 Å². The highest BCUT2D eigenvalue weighted by atomic mass is 32.2. The Morgan fingerprint density at radius 2 is 1.54 bits per heavy atom. The zero-order chi connectivity index (χ0) is 53.0. The van der Waals surface area contributed by atoms with Crippen LogP contribution in [0.1, 0.15) is 57.0 Å². The minimum Gasteiger partial charge on any atom is -0.480 e. The standard InChI is InChI=1S/C30H45N8O17P3S.C9H11NO2/c1-30(2,25(42)28(43)34-9-8-20(39)33-10-11-59-21(40)12-18(31)17-6-4-3-5-7-17)14-52-58(49,50)55-57(47,48)51-13-19-24(54-56(44,45)46)23(41)29(53-19)38-16-37-22-26(32)35-15-36-27(22)38;1-9(10,8(11)12)7-5-3-2-4-6-7/h3-7,15-16,18-19,23-25,29,41-42H,8-14,31H2,1-2H3,(H,33,39)(H,34,43)(H,47,48)(H,49,50)(H2,32,35,36)(H2,44,45,46);2-6H,10H2,1H3,(H,11,12)/t18?,19-,23-,24-,25+,29-;/m1./s1. The predicted molar refractivity (Wildman–Crippen MR) is 251 cm³/mol. The molecule has 392 valence electrons. The molecule has 1 fully saturated rings. The summed E-state index contributed by atoms with van der Waals surface area (Å²) in [7, 11) is -16.4. The number of carboxylic acid groups (broad SMARTS) is 1. The number of amides is 2. The topological polar surface area (TPSA) is 453 Å². The van der Waals surface area contributed by atoms with Gasteiger partial charge in [-0.25, -0.2) is 33.4 Å². The van der Waals surface area contributed by atoms with Crippen molar-refractivity contribution in [3.05, 3.63) is 84.4 Å². The average molecular weight is 1080 g/mol. The lowest BCUT2D eigenvalue weighted by molar-refractivity contribution is -0.143. The number of carbonyl (C=O) groups excluding carboxylic acids is 3. The maximum atomic E-state index is 12.7. The average Bonchev–Trinajstić information content (AvgIpc) is 3.86. The number of aliphatic hydroxyl groups is 2. The Morgan fingerprint density at radius 3 is 2.15 bits per heavy atom. The number of aliphatic carboxylic acids is 1. The molecule has 2 amide bonds. The van der Waals surface area contributed by atoms with E-state index in [4.69, 9.17) is 36.1 Å². The van der Waals surface area contributed by atoms with Gasteiger partial charge in [0, 0.05) is 43.1 Å². The number of aromatic nitrogens is 4. The molecule has 71 heavy (non-hydrogen) atoms. The van der Waals surface area contributed by atoms with E-state index in [2.05, 4.69) is 34.4 Å². The molecule has 4 unspecified atom stereocenters. The first-order valence-corrected chi connectivity index (χ1v) is 26.5. The molecule has 0 aliphatic carbocycles. The maximum Gasteiger partial charge on any atom is 0.481 e. The van der Waals surface area contributed by atoms with Crippen LogP contribution in [-0.2, 0) is 61.0 Å². The van der Waals surface area contributed by atoms with Crippen LogP contribution in [0.3, 0.4) is 0 Å². The van der Waals surface area contributed by atoms with Crippen LogP contribution in [0.15, 0.2) is 73.3 Å². The summed E-state index contributed by atoms with van der Waals surface area (Å²) in [6.07, 6.45) is -6.86. The summed E-state index contributed by atoms with van der Waals surface area (Å²) in [4.78, 5) is 98.7. The number of fused-ring (bicyclic) bond motifs is 1. The summed E-state index contributed by atoms with van der Waals surface area (Å²) in [6.45, 7) is 1.88. The van der Waals surface area contributed by atoms with Crippen molar-refractivity contribution < 1.29 is 90.4 Å². The number of carbonyl (C=O) groups is 4. The fourth-order valence-electron chi connectivity index (χ4n) is 6.26. The van der Waals surface area contributed by atoms with Crippen molar-refractivity contribution >= 4 is 75.1 Å². The Balaban J connectivity index is 0.000000795. The van der Waals surface area contributed by atoms with E-state index in [0.29, 0.717) is 5.56 Å². The quantitative estimate of drug-likeness (QED) is 0.0339. The van der Waals surface area contributed by atoms with Crippen molar-refractivity contribution in [3.8, 4) is 0 Å². The van der Waals surface area contributed by atoms with Gasteiger partial charge in [0.25, 0.3) is 0 Å². The van der Waals surface area contributed by atoms with Crippen molar-refractivity contribution in [2.75, 3.05) is 37.8 Å².